The molecule has 1 aliphatic heterocycles. The monoisotopic (exact) mass is 341 g/mol. The first-order valence-electron chi connectivity index (χ1n) is 8.38. The van der Waals surface area contributed by atoms with Crippen molar-refractivity contribution in [2.75, 3.05) is 48.7 Å². The number of hydrogen-bond donors (Lipinski definition) is 2. The Bertz CT molecular complexity index is 694. The van der Waals surface area contributed by atoms with Gasteiger partial charge in [0.1, 0.15) is 5.82 Å². The van der Waals surface area contributed by atoms with Gasteiger partial charge in [-0.2, -0.15) is 4.98 Å². The van der Waals surface area contributed by atoms with Crippen molar-refractivity contribution in [2.45, 2.75) is 13.3 Å². The van der Waals surface area contributed by atoms with Gasteiger partial charge in [-0.3, -0.25) is 14.7 Å². The Balaban J connectivity index is 1.44. The number of pyridine rings is 1. The summed E-state index contributed by atoms with van der Waals surface area (Å²) in [4.78, 5) is 28.9. The van der Waals surface area contributed by atoms with E-state index < -0.39 is 0 Å². The molecule has 132 valence electrons. The quantitative estimate of drug-likeness (QED) is 0.834. The Labute approximate surface area is 147 Å². The van der Waals surface area contributed by atoms with E-state index in [0.29, 0.717) is 12.4 Å². The number of nitrogens with zero attached hydrogens (tertiary/aromatic N) is 5. The minimum Gasteiger partial charge on any atom is -0.368 e. The van der Waals surface area contributed by atoms with Crippen LogP contribution in [0.25, 0.3) is 0 Å². The smallest absolute Gasteiger partial charge is 0.225 e. The summed E-state index contributed by atoms with van der Waals surface area (Å²) in [5.74, 6) is 1.19. The van der Waals surface area contributed by atoms with E-state index in [2.05, 4.69) is 30.1 Å². The van der Waals surface area contributed by atoms with Gasteiger partial charge in [-0.05, 0) is 19.1 Å². The van der Waals surface area contributed by atoms with Crippen molar-refractivity contribution in [1.82, 2.24) is 19.9 Å². The Morgan fingerprint density at radius 2 is 2.08 bits per heavy atom. The summed E-state index contributed by atoms with van der Waals surface area (Å²) in [5, 5.41) is 2.86. The van der Waals surface area contributed by atoms with E-state index in [9.17, 15) is 4.79 Å². The molecule has 0 aromatic carbocycles. The van der Waals surface area contributed by atoms with E-state index in [1.54, 1.807) is 18.5 Å². The third kappa shape index (κ3) is 4.87. The summed E-state index contributed by atoms with van der Waals surface area (Å²) >= 11 is 0. The van der Waals surface area contributed by atoms with Crippen LogP contribution in [0.15, 0.2) is 30.6 Å². The first-order valence-corrected chi connectivity index (χ1v) is 8.38. The van der Waals surface area contributed by atoms with Gasteiger partial charge in [-0.15, -0.1) is 0 Å². The zero-order valence-corrected chi connectivity index (χ0v) is 14.4. The summed E-state index contributed by atoms with van der Waals surface area (Å²) in [7, 11) is 0. The number of rotatable bonds is 5. The molecule has 2 aromatic heterocycles. The van der Waals surface area contributed by atoms with Crippen LogP contribution in [0.2, 0.25) is 0 Å². The Hall–Kier alpha value is -2.74. The Morgan fingerprint density at radius 1 is 1.28 bits per heavy atom. The van der Waals surface area contributed by atoms with Crippen molar-refractivity contribution >= 4 is 23.4 Å². The molecular formula is C17H23N7O. The lowest BCUT2D eigenvalue weighted by atomic mass is 10.2. The number of anilines is 3. The predicted octanol–water partition coefficient (Wildman–Crippen LogP) is 0.913. The van der Waals surface area contributed by atoms with Gasteiger partial charge in [0, 0.05) is 57.1 Å². The van der Waals surface area contributed by atoms with Gasteiger partial charge in [0.15, 0.2) is 0 Å². The van der Waals surface area contributed by atoms with E-state index >= 15 is 0 Å². The molecule has 0 radical (unpaired) electrons. The summed E-state index contributed by atoms with van der Waals surface area (Å²) < 4.78 is 0. The largest absolute Gasteiger partial charge is 0.368 e. The highest BCUT2D eigenvalue weighted by atomic mass is 16.1. The molecule has 0 saturated carbocycles. The van der Waals surface area contributed by atoms with Crippen LogP contribution in [0.3, 0.4) is 0 Å². The summed E-state index contributed by atoms with van der Waals surface area (Å²) in [6.07, 6.45) is 3.79. The van der Waals surface area contributed by atoms with Gasteiger partial charge < -0.3 is 16.0 Å². The van der Waals surface area contributed by atoms with Crippen LogP contribution in [0.4, 0.5) is 17.5 Å². The molecule has 1 aliphatic rings. The molecule has 0 atom stereocenters. The molecule has 1 amide bonds. The molecule has 2 aromatic rings. The molecule has 8 nitrogen and oxygen atoms in total. The molecular weight excluding hydrogens is 318 g/mol. The lowest BCUT2D eigenvalue weighted by molar-refractivity contribution is -0.116. The molecule has 0 spiro atoms. The van der Waals surface area contributed by atoms with Crippen molar-refractivity contribution in [3.05, 3.63) is 36.3 Å². The Kier molecular flexibility index (Phi) is 5.39. The highest BCUT2D eigenvalue weighted by Gasteiger charge is 2.19. The van der Waals surface area contributed by atoms with Gasteiger partial charge >= 0.3 is 0 Å². The fourth-order valence-electron chi connectivity index (χ4n) is 2.86. The van der Waals surface area contributed by atoms with Crippen molar-refractivity contribution < 1.29 is 4.79 Å². The number of piperazine rings is 1. The van der Waals surface area contributed by atoms with Gasteiger partial charge in [-0.25, -0.2) is 4.98 Å². The molecule has 0 unspecified atom stereocenters. The maximum atomic E-state index is 12.0. The van der Waals surface area contributed by atoms with Crippen LogP contribution in [0, 0.1) is 6.92 Å². The van der Waals surface area contributed by atoms with Crippen molar-refractivity contribution in [1.29, 1.82) is 0 Å². The number of nitrogen functional groups attached to an aromatic ring is 1. The fraction of sp³-hybridized carbons (Fsp3) is 0.412. The van der Waals surface area contributed by atoms with Crippen LogP contribution in [0.5, 0.6) is 0 Å². The molecule has 0 bridgehead atoms. The van der Waals surface area contributed by atoms with E-state index in [-0.39, 0.29) is 5.91 Å². The number of carbonyl (C=O) groups excluding carboxylic acids is 1. The standard InChI is InChI=1S/C17H23N7O/c1-13-11-15(22-17(18)20-13)24-9-7-23(8-10-24)6-4-16(25)21-14-3-2-5-19-12-14/h2-3,5,11-12H,4,6-10H2,1H3,(H,21,25)(H2,18,20,22). The number of aryl methyl sites for hydroxylation is 1. The first kappa shape index (κ1) is 17.1. The minimum atomic E-state index is 0.00892. The zero-order chi connectivity index (χ0) is 17.6. The van der Waals surface area contributed by atoms with Gasteiger partial charge in [0.2, 0.25) is 11.9 Å². The van der Waals surface area contributed by atoms with Gasteiger partial charge in [0.05, 0.1) is 11.9 Å². The average Bonchev–Trinajstić information content (AvgIpc) is 2.60. The predicted molar refractivity (Wildman–Crippen MR) is 97.3 cm³/mol. The van der Waals surface area contributed by atoms with Crippen LogP contribution >= 0.6 is 0 Å². The average molecular weight is 341 g/mol. The highest BCUT2D eigenvalue weighted by Crippen LogP contribution is 2.16. The molecule has 25 heavy (non-hydrogen) atoms. The summed E-state index contributed by atoms with van der Waals surface area (Å²) in [5.41, 5.74) is 7.33. The summed E-state index contributed by atoms with van der Waals surface area (Å²) in [6, 6.07) is 5.59. The number of aromatic nitrogens is 3. The van der Waals surface area contributed by atoms with Crippen LogP contribution in [-0.2, 0) is 4.79 Å². The first-order chi connectivity index (χ1) is 12.1. The van der Waals surface area contributed by atoms with Crippen molar-refractivity contribution in [2.24, 2.45) is 0 Å². The molecule has 3 rings (SSSR count). The molecule has 0 aliphatic carbocycles. The number of amides is 1. The third-order valence-electron chi connectivity index (χ3n) is 4.15. The minimum absolute atomic E-state index is 0.00892. The highest BCUT2D eigenvalue weighted by molar-refractivity contribution is 5.90. The number of nitrogens with one attached hydrogen (secondary N) is 1. The molecule has 1 saturated heterocycles. The topological polar surface area (TPSA) is 100 Å². The lowest BCUT2D eigenvalue weighted by Gasteiger charge is -2.35. The van der Waals surface area contributed by atoms with Crippen molar-refractivity contribution in [3.8, 4) is 0 Å². The molecule has 8 heteroatoms. The van der Waals surface area contributed by atoms with E-state index in [1.807, 2.05) is 19.1 Å². The number of nitrogens with two attached hydrogens (primary N) is 1. The van der Waals surface area contributed by atoms with Crippen LogP contribution in [0.1, 0.15) is 12.1 Å². The lowest BCUT2D eigenvalue weighted by Crippen LogP contribution is -2.47. The number of hydrogen-bond acceptors (Lipinski definition) is 7. The number of carbonyl (C=O) groups is 1. The molecule has 3 N–H and O–H groups in total. The third-order valence-corrected chi connectivity index (χ3v) is 4.15. The fourth-order valence-corrected chi connectivity index (χ4v) is 2.86. The molecule has 3 heterocycles. The maximum absolute atomic E-state index is 12.0. The second-order valence-corrected chi connectivity index (χ2v) is 6.09. The normalized spacial score (nSPS) is 15.2. The van der Waals surface area contributed by atoms with Crippen molar-refractivity contribution in [3.63, 3.8) is 0 Å². The van der Waals surface area contributed by atoms with Crippen LogP contribution in [-0.4, -0.2) is 58.5 Å². The maximum Gasteiger partial charge on any atom is 0.225 e. The molecule has 1 fully saturated rings. The van der Waals surface area contributed by atoms with Gasteiger partial charge in [0.25, 0.3) is 0 Å². The van der Waals surface area contributed by atoms with E-state index in [1.165, 1.54) is 0 Å². The van der Waals surface area contributed by atoms with Crippen LogP contribution < -0.4 is 16.0 Å². The van der Waals surface area contributed by atoms with E-state index in [0.717, 1.165) is 49.9 Å². The summed E-state index contributed by atoms with van der Waals surface area (Å²) in [6.45, 7) is 6.16. The Morgan fingerprint density at radius 3 is 2.76 bits per heavy atom. The van der Waals surface area contributed by atoms with E-state index in [4.69, 9.17) is 5.73 Å². The van der Waals surface area contributed by atoms with Gasteiger partial charge in [-0.1, -0.05) is 0 Å². The second-order valence-electron chi connectivity index (χ2n) is 6.09. The SMILES string of the molecule is Cc1cc(N2CCN(CCC(=O)Nc3cccnc3)CC2)nc(N)n1. The second kappa shape index (κ2) is 7.89. The zero-order valence-electron chi connectivity index (χ0n) is 14.4.